The molecule has 7 nitrogen and oxygen atoms in total. The second kappa shape index (κ2) is 10.8. The predicted octanol–water partition coefficient (Wildman–Crippen LogP) is 4.94. The van der Waals surface area contributed by atoms with Crippen molar-refractivity contribution < 1.29 is 4.79 Å². The molecular weight excluding hydrogens is 480 g/mol. The number of carbonyl (C=O) groups is 1. The molecule has 188 valence electrons. The maximum atomic E-state index is 12.8. The maximum Gasteiger partial charge on any atom is 0.226 e. The first kappa shape index (κ1) is 24.5. The van der Waals surface area contributed by atoms with Gasteiger partial charge in [0.15, 0.2) is 5.11 Å². The summed E-state index contributed by atoms with van der Waals surface area (Å²) in [5.41, 5.74) is 4.96. The summed E-state index contributed by atoms with van der Waals surface area (Å²) in [6, 6.07) is 27.7. The van der Waals surface area contributed by atoms with Crippen LogP contribution in [-0.4, -0.2) is 46.1 Å². The number of pyridine rings is 1. The first-order valence-corrected chi connectivity index (χ1v) is 12.7. The Morgan fingerprint density at radius 1 is 1.00 bits per heavy atom. The Morgan fingerprint density at radius 2 is 1.76 bits per heavy atom. The van der Waals surface area contributed by atoms with Crippen molar-refractivity contribution in [3.8, 4) is 5.69 Å². The van der Waals surface area contributed by atoms with Crippen molar-refractivity contribution in [3.05, 3.63) is 109 Å². The second-order valence-corrected chi connectivity index (χ2v) is 9.58. The number of para-hydroxylation sites is 1. The second-order valence-electron chi connectivity index (χ2n) is 9.20. The fourth-order valence-corrected chi connectivity index (χ4v) is 5.05. The summed E-state index contributed by atoms with van der Waals surface area (Å²) < 4.78 is 2.19. The van der Waals surface area contributed by atoms with E-state index in [1.165, 1.54) is 0 Å². The lowest BCUT2D eigenvalue weighted by atomic mass is 10.0. The van der Waals surface area contributed by atoms with E-state index in [-0.39, 0.29) is 18.0 Å². The SMILES string of the molecule is CN(C)c1ccc(-n2cccc2C2C(c3ccccn3)NC(=S)N2CCC(=O)Nc2ccccc2)cc1. The number of thiocarbonyl (C=S) groups is 1. The lowest BCUT2D eigenvalue weighted by Gasteiger charge is -2.29. The van der Waals surface area contributed by atoms with Gasteiger partial charge in [0.1, 0.15) is 0 Å². The summed E-state index contributed by atoms with van der Waals surface area (Å²) in [7, 11) is 4.06. The van der Waals surface area contributed by atoms with Crippen molar-refractivity contribution in [2.24, 2.45) is 0 Å². The van der Waals surface area contributed by atoms with Gasteiger partial charge in [-0.1, -0.05) is 24.3 Å². The summed E-state index contributed by atoms with van der Waals surface area (Å²) in [4.78, 5) is 21.6. The van der Waals surface area contributed by atoms with Gasteiger partial charge in [-0.2, -0.15) is 0 Å². The zero-order valence-electron chi connectivity index (χ0n) is 20.9. The van der Waals surface area contributed by atoms with Gasteiger partial charge >= 0.3 is 0 Å². The monoisotopic (exact) mass is 510 g/mol. The Balaban J connectivity index is 1.44. The van der Waals surface area contributed by atoms with Gasteiger partial charge in [-0.15, -0.1) is 0 Å². The van der Waals surface area contributed by atoms with E-state index in [0.29, 0.717) is 18.1 Å². The van der Waals surface area contributed by atoms with Gasteiger partial charge in [0, 0.05) is 62.2 Å². The summed E-state index contributed by atoms with van der Waals surface area (Å²) in [5.74, 6) is -0.0521. The zero-order chi connectivity index (χ0) is 25.8. The standard InChI is InChI=1S/C29H30N6OS/c1-33(2)22-13-15-23(16-14-22)34-19-8-12-25(34)28-27(24-11-6-7-18-30-24)32-29(37)35(28)20-17-26(36)31-21-9-4-3-5-10-21/h3-16,18-19,27-28H,17,20H2,1-2H3,(H,31,36)(H,32,37). The van der Waals surface area contributed by atoms with Gasteiger partial charge in [0.05, 0.1) is 17.8 Å². The molecule has 0 spiro atoms. The first-order chi connectivity index (χ1) is 18.0. The molecule has 0 aliphatic carbocycles. The van der Waals surface area contributed by atoms with Crippen molar-refractivity contribution in [3.63, 3.8) is 0 Å². The van der Waals surface area contributed by atoms with Gasteiger partial charge < -0.3 is 25.0 Å². The highest BCUT2D eigenvalue weighted by atomic mass is 32.1. The average molecular weight is 511 g/mol. The smallest absolute Gasteiger partial charge is 0.226 e. The average Bonchev–Trinajstić information content (AvgIpc) is 3.52. The number of hydrogen-bond acceptors (Lipinski definition) is 4. The Hall–Kier alpha value is -4.17. The van der Waals surface area contributed by atoms with E-state index >= 15 is 0 Å². The normalized spacial score (nSPS) is 16.9. The first-order valence-electron chi connectivity index (χ1n) is 12.3. The molecule has 1 amide bonds. The highest BCUT2D eigenvalue weighted by Crippen LogP contribution is 2.39. The Labute approximate surface area is 222 Å². The topological polar surface area (TPSA) is 65.4 Å². The van der Waals surface area contributed by atoms with Crippen molar-refractivity contribution in [2.45, 2.75) is 18.5 Å². The van der Waals surface area contributed by atoms with Crippen molar-refractivity contribution >= 4 is 34.6 Å². The number of rotatable bonds is 8. The van der Waals surface area contributed by atoms with Crippen LogP contribution in [0.3, 0.4) is 0 Å². The lowest BCUT2D eigenvalue weighted by Crippen LogP contribution is -2.33. The maximum absolute atomic E-state index is 12.8. The van der Waals surface area contributed by atoms with Crippen LogP contribution in [0.25, 0.3) is 5.69 Å². The van der Waals surface area contributed by atoms with Crippen LogP contribution in [0.2, 0.25) is 0 Å². The van der Waals surface area contributed by atoms with Gasteiger partial charge in [-0.25, -0.2) is 0 Å². The number of aromatic nitrogens is 2. The molecule has 37 heavy (non-hydrogen) atoms. The molecule has 8 heteroatoms. The highest BCUT2D eigenvalue weighted by Gasteiger charge is 2.41. The zero-order valence-corrected chi connectivity index (χ0v) is 21.7. The predicted molar refractivity (Wildman–Crippen MR) is 152 cm³/mol. The lowest BCUT2D eigenvalue weighted by molar-refractivity contribution is -0.116. The largest absolute Gasteiger partial charge is 0.378 e. The number of nitrogens with one attached hydrogen (secondary N) is 2. The van der Waals surface area contributed by atoms with E-state index in [1.807, 2.05) is 68.7 Å². The molecule has 2 aromatic carbocycles. The molecule has 1 aliphatic heterocycles. The minimum Gasteiger partial charge on any atom is -0.378 e. The molecule has 5 rings (SSSR count). The van der Waals surface area contributed by atoms with E-state index in [0.717, 1.165) is 28.5 Å². The van der Waals surface area contributed by atoms with Crippen LogP contribution in [0.15, 0.2) is 97.3 Å². The molecule has 2 aromatic heterocycles. The van der Waals surface area contributed by atoms with Crippen molar-refractivity contribution in [1.82, 2.24) is 19.8 Å². The minimum atomic E-state index is -0.152. The molecule has 4 aromatic rings. The molecule has 2 atom stereocenters. The van der Waals surface area contributed by atoms with Crippen LogP contribution in [0.4, 0.5) is 11.4 Å². The van der Waals surface area contributed by atoms with Crippen LogP contribution >= 0.6 is 12.2 Å². The third-order valence-electron chi connectivity index (χ3n) is 6.56. The van der Waals surface area contributed by atoms with Crippen LogP contribution < -0.4 is 15.5 Å². The molecule has 2 N–H and O–H groups in total. The summed E-state index contributed by atoms with van der Waals surface area (Å²) in [6.45, 7) is 0.475. The molecule has 2 unspecified atom stereocenters. The molecule has 1 aliphatic rings. The number of nitrogens with zero attached hydrogens (tertiary/aromatic N) is 4. The van der Waals surface area contributed by atoms with E-state index in [2.05, 4.69) is 66.5 Å². The number of anilines is 2. The fourth-order valence-electron chi connectivity index (χ4n) is 4.72. The van der Waals surface area contributed by atoms with Crippen molar-refractivity contribution in [2.75, 3.05) is 30.9 Å². The van der Waals surface area contributed by atoms with E-state index in [4.69, 9.17) is 12.2 Å². The molecule has 0 bridgehead atoms. The number of carbonyl (C=O) groups excluding carboxylic acids is 1. The molecule has 0 radical (unpaired) electrons. The Morgan fingerprint density at radius 3 is 2.46 bits per heavy atom. The number of hydrogen-bond donors (Lipinski definition) is 2. The highest BCUT2D eigenvalue weighted by molar-refractivity contribution is 7.80. The molecule has 1 saturated heterocycles. The summed E-state index contributed by atoms with van der Waals surface area (Å²) in [5, 5.41) is 7.07. The van der Waals surface area contributed by atoms with Gasteiger partial charge in [0.2, 0.25) is 5.91 Å². The minimum absolute atomic E-state index is 0.0521. The van der Waals surface area contributed by atoms with Crippen LogP contribution in [0.1, 0.15) is 29.9 Å². The summed E-state index contributed by atoms with van der Waals surface area (Å²) in [6.07, 6.45) is 4.17. The van der Waals surface area contributed by atoms with E-state index in [1.54, 1.807) is 6.20 Å². The summed E-state index contributed by atoms with van der Waals surface area (Å²) >= 11 is 5.80. The molecule has 3 heterocycles. The van der Waals surface area contributed by atoms with E-state index in [9.17, 15) is 4.79 Å². The molecule has 1 fully saturated rings. The van der Waals surface area contributed by atoms with Crippen LogP contribution in [0.5, 0.6) is 0 Å². The quantitative estimate of drug-likeness (QED) is 0.328. The Kier molecular flexibility index (Phi) is 7.18. The number of benzene rings is 2. The molecular formula is C29H30N6OS. The Bertz CT molecular complexity index is 1350. The van der Waals surface area contributed by atoms with Crippen molar-refractivity contribution in [1.29, 1.82) is 0 Å². The van der Waals surface area contributed by atoms with Crippen LogP contribution in [-0.2, 0) is 4.79 Å². The number of amides is 1. The third kappa shape index (κ3) is 5.34. The van der Waals surface area contributed by atoms with Gasteiger partial charge in [0.25, 0.3) is 0 Å². The fraction of sp³-hybridized carbons (Fsp3) is 0.207. The third-order valence-corrected chi connectivity index (χ3v) is 6.92. The van der Waals surface area contributed by atoms with Crippen LogP contribution in [0, 0.1) is 0 Å². The van der Waals surface area contributed by atoms with Gasteiger partial charge in [-0.05, 0) is 72.9 Å². The molecule has 0 saturated carbocycles. The van der Waals surface area contributed by atoms with Gasteiger partial charge in [-0.3, -0.25) is 9.78 Å². The van der Waals surface area contributed by atoms with E-state index < -0.39 is 0 Å².